The third-order valence-corrected chi connectivity index (χ3v) is 13.2. The molecule has 2 aromatic carbocycles. The van der Waals surface area contributed by atoms with Gasteiger partial charge < -0.3 is 34.5 Å². The number of piperazine rings is 1. The molecule has 358 valence electrons. The van der Waals surface area contributed by atoms with Crippen LogP contribution in [-0.4, -0.2) is 118 Å². The zero-order valence-corrected chi connectivity index (χ0v) is 39.6. The van der Waals surface area contributed by atoms with E-state index in [1.54, 1.807) is 33.9 Å². The number of amides is 2. The van der Waals surface area contributed by atoms with Gasteiger partial charge in [0, 0.05) is 80.9 Å². The molecular weight excluding hydrogens is 849 g/mol. The number of methoxy groups -OCH3 is 1. The van der Waals surface area contributed by atoms with Crippen molar-refractivity contribution >= 4 is 34.6 Å². The number of carboxylic acids is 1. The van der Waals surface area contributed by atoms with E-state index in [9.17, 15) is 33.4 Å². The Morgan fingerprint density at radius 1 is 0.985 bits per heavy atom. The SMILES string of the molecule is CCn1c(-c2cc(N3CCN4CCCC4C3)cnc2[C@H](C)OC)c(CC(C)(C)CO)c2cc(-c3cc(CC(NC(=O)OC(C)(C)C)C(=O)N4CCCC(C(=O)O)N4)cc(C(F)F)c3)ccc21. The van der Waals surface area contributed by atoms with Gasteiger partial charge in [0.05, 0.1) is 29.4 Å². The number of anilines is 1. The lowest BCUT2D eigenvalue weighted by Gasteiger charge is -2.39. The molecule has 3 aliphatic heterocycles. The molecular formula is C50H67F2N7O7. The average molecular weight is 916 g/mol. The van der Waals surface area contributed by atoms with Crippen LogP contribution in [0.25, 0.3) is 33.3 Å². The summed E-state index contributed by atoms with van der Waals surface area (Å²) in [6.07, 6.45) is 1.31. The highest BCUT2D eigenvalue weighted by Crippen LogP contribution is 2.43. The van der Waals surface area contributed by atoms with Crippen molar-refractivity contribution in [2.45, 2.75) is 130 Å². The smallest absolute Gasteiger partial charge is 0.408 e. The van der Waals surface area contributed by atoms with Gasteiger partial charge in [0.2, 0.25) is 0 Å². The highest BCUT2D eigenvalue weighted by atomic mass is 19.3. The first-order valence-corrected chi connectivity index (χ1v) is 23.3. The van der Waals surface area contributed by atoms with Crippen molar-refractivity contribution in [2.24, 2.45) is 5.41 Å². The molecule has 4 N–H and O–H groups in total. The molecule has 7 rings (SSSR count). The number of benzene rings is 2. The standard InChI is InChI=1S/C50H67F2N7O7/c1-9-58-42-15-14-32(33-20-31(21-34(23-33)45(51)52)22-41(54-48(64)66-49(3,4)5)46(61)59-17-11-13-40(55-59)47(62)63)24-37(42)39(26-50(6,7)29-60)44(58)38-25-36(27-53-43(38)30(2)65-8)57-19-18-56-16-10-12-35(56)28-57/h14-15,20-21,23-25,27,30,35,40-41,45,55,60H,9-13,16-19,22,26,28-29H2,1-8H3,(H,54,64)(H,62,63)/t30-,35?,40?,41?/m0/s1. The molecule has 0 radical (unpaired) electrons. The van der Waals surface area contributed by atoms with E-state index in [0.717, 1.165) is 65.3 Å². The van der Waals surface area contributed by atoms with Crippen molar-refractivity contribution in [3.05, 3.63) is 71.0 Å². The fourth-order valence-corrected chi connectivity index (χ4v) is 9.77. The molecule has 3 aliphatic rings. The number of pyridine rings is 1. The summed E-state index contributed by atoms with van der Waals surface area (Å²) in [7, 11) is 1.67. The zero-order chi connectivity index (χ0) is 47.7. The normalized spacial score (nSPS) is 19.3. The van der Waals surface area contributed by atoms with Crippen LogP contribution < -0.4 is 15.6 Å². The number of fused-ring (bicyclic) bond motifs is 2. The Balaban J connectivity index is 1.34. The number of halogens is 2. The molecule has 4 atom stereocenters. The van der Waals surface area contributed by atoms with Crippen LogP contribution in [0.3, 0.4) is 0 Å². The molecule has 14 nitrogen and oxygen atoms in total. The predicted molar refractivity (Wildman–Crippen MR) is 250 cm³/mol. The van der Waals surface area contributed by atoms with Crippen LogP contribution in [0.5, 0.6) is 0 Å². The van der Waals surface area contributed by atoms with Gasteiger partial charge in [0.1, 0.15) is 17.7 Å². The lowest BCUT2D eigenvalue weighted by Crippen LogP contribution is -2.60. The number of carboxylic acid groups (broad SMARTS) is 1. The van der Waals surface area contributed by atoms with Gasteiger partial charge >= 0.3 is 12.1 Å². The molecule has 2 aromatic heterocycles. The highest BCUT2D eigenvalue weighted by molar-refractivity contribution is 5.96. The molecule has 4 aromatic rings. The van der Waals surface area contributed by atoms with Crippen molar-refractivity contribution in [3.63, 3.8) is 0 Å². The van der Waals surface area contributed by atoms with E-state index in [1.165, 1.54) is 30.0 Å². The Kier molecular flexibility index (Phi) is 14.8. The van der Waals surface area contributed by atoms with Crippen molar-refractivity contribution < 1.29 is 42.9 Å². The number of ether oxygens (including phenoxy) is 2. The third-order valence-electron chi connectivity index (χ3n) is 13.2. The number of aryl methyl sites for hydroxylation is 1. The van der Waals surface area contributed by atoms with E-state index in [0.29, 0.717) is 48.5 Å². The van der Waals surface area contributed by atoms with E-state index >= 15 is 0 Å². The minimum absolute atomic E-state index is 0.0723. The summed E-state index contributed by atoms with van der Waals surface area (Å²) in [5.41, 5.74) is 8.22. The van der Waals surface area contributed by atoms with Crippen LogP contribution in [0.15, 0.2) is 48.7 Å². The molecule has 5 heterocycles. The first-order chi connectivity index (χ1) is 31.3. The molecule has 3 saturated heterocycles. The van der Waals surface area contributed by atoms with Gasteiger partial charge in [-0.1, -0.05) is 32.0 Å². The lowest BCUT2D eigenvalue weighted by molar-refractivity contribution is -0.147. The molecule has 66 heavy (non-hydrogen) atoms. The number of hydrogen-bond acceptors (Lipinski definition) is 10. The summed E-state index contributed by atoms with van der Waals surface area (Å²) >= 11 is 0. The monoisotopic (exact) mass is 916 g/mol. The van der Waals surface area contributed by atoms with Gasteiger partial charge in [-0.15, -0.1) is 0 Å². The number of nitrogens with one attached hydrogen (secondary N) is 2. The fraction of sp³-hybridized carbons (Fsp3) is 0.560. The number of aromatic nitrogens is 2. The number of nitrogens with zero attached hydrogens (tertiary/aromatic N) is 5. The van der Waals surface area contributed by atoms with Gasteiger partial charge in [0.15, 0.2) is 0 Å². The summed E-state index contributed by atoms with van der Waals surface area (Å²) in [4.78, 5) is 49.2. The Bertz CT molecular complexity index is 2420. The maximum absolute atomic E-state index is 14.9. The predicted octanol–water partition coefficient (Wildman–Crippen LogP) is 7.90. The van der Waals surface area contributed by atoms with Gasteiger partial charge in [0.25, 0.3) is 12.3 Å². The van der Waals surface area contributed by atoms with Gasteiger partial charge in [-0.2, -0.15) is 0 Å². The Morgan fingerprint density at radius 2 is 1.74 bits per heavy atom. The highest BCUT2D eigenvalue weighted by Gasteiger charge is 2.35. The summed E-state index contributed by atoms with van der Waals surface area (Å²) in [5, 5.41) is 25.1. The van der Waals surface area contributed by atoms with E-state index in [2.05, 4.69) is 38.1 Å². The molecule has 0 bridgehead atoms. The lowest BCUT2D eigenvalue weighted by atomic mass is 9.84. The second kappa shape index (κ2) is 20.0. The van der Waals surface area contributed by atoms with Gasteiger partial charge in [-0.25, -0.2) is 19.0 Å². The Morgan fingerprint density at radius 3 is 2.42 bits per heavy atom. The van der Waals surface area contributed by atoms with Crippen LogP contribution in [0.4, 0.5) is 19.3 Å². The number of carbonyl (C=O) groups excluding carboxylic acids is 2. The molecule has 0 spiro atoms. The molecule has 3 fully saturated rings. The Hall–Kier alpha value is -5.16. The van der Waals surface area contributed by atoms with E-state index in [1.807, 2.05) is 45.2 Å². The van der Waals surface area contributed by atoms with Crippen molar-refractivity contribution in [1.82, 2.24) is 30.2 Å². The maximum Gasteiger partial charge on any atom is 0.408 e. The van der Waals surface area contributed by atoms with Crippen LogP contribution >= 0.6 is 0 Å². The number of hydrogen-bond donors (Lipinski definition) is 4. The maximum atomic E-state index is 14.9. The molecule has 16 heteroatoms. The van der Waals surface area contributed by atoms with Crippen molar-refractivity contribution in [2.75, 3.05) is 51.3 Å². The van der Waals surface area contributed by atoms with Crippen molar-refractivity contribution in [1.29, 1.82) is 0 Å². The zero-order valence-electron chi connectivity index (χ0n) is 39.6. The number of carbonyl (C=O) groups is 3. The Labute approximate surface area is 386 Å². The number of alkyl carbamates (subject to hydrolysis) is 1. The topological polar surface area (TPSA) is 162 Å². The average Bonchev–Trinajstić information content (AvgIpc) is 3.88. The van der Waals surface area contributed by atoms with Crippen LogP contribution in [0, 0.1) is 5.41 Å². The number of rotatable bonds is 15. The number of aliphatic carboxylic acids is 1. The molecule has 0 saturated carbocycles. The van der Waals surface area contributed by atoms with Gasteiger partial charge in [-0.3, -0.25) is 24.5 Å². The first-order valence-electron chi connectivity index (χ1n) is 23.3. The number of hydrazine groups is 1. The van der Waals surface area contributed by atoms with Crippen LogP contribution in [-0.2, 0) is 38.4 Å². The van der Waals surface area contributed by atoms with Crippen molar-refractivity contribution in [3.8, 4) is 22.4 Å². The number of aliphatic hydroxyl groups is 1. The number of aliphatic hydroxyl groups excluding tert-OH is 1. The summed E-state index contributed by atoms with van der Waals surface area (Å²) in [5.74, 6) is -1.74. The van der Waals surface area contributed by atoms with E-state index in [-0.39, 0.29) is 31.2 Å². The molecule has 2 amide bonds. The fourth-order valence-electron chi connectivity index (χ4n) is 9.77. The summed E-state index contributed by atoms with van der Waals surface area (Å²) in [6, 6.07) is 10.9. The minimum Gasteiger partial charge on any atom is -0.480 e. The number of alkyl halides is 2. The van der Waals surface area contributed by atoms with Crippen LogP contribution in [0.2, 0.25) is 0 Å². The van der Waals surface area contributed by atoms with E-state index < -0.39 is 47.5 Å². The third kappa shape index (κ3) is 10.8. The molecule has 3 unspecified atom stereocenters. The quantitative estimate of drug-likeness (QED) is 0.0918. The minimum atomic E-state index is -2.85. The van der Waals surface area contributed by atoms with E-state index in [4.69, 9.17) is 14.5 Å². The second-order valence-electron chi connectivity index (χ2n) is 19.9. The summed E-state index contributed by atoms with van der Waals surface area (Å²) in [6.45, 7) is 17.9. The second-order valence-corrected chi connectivity index (χ2v) is 19.9. The molecule has 0 aliphatic carbocycles. The van der Waals surface area contributed by atoms with Gasteiger partial charge in [-0.05, 0) is 125 Å². The summed E-state index contributed by atoms with van der Waals surface area (Å²) < 4.78 is 43.4. The first kappa shape index (κ1) is 48.8. The largest absolute Gasteiger partial charge is 0.480 e. The van der Waals surface area contributed by atoms with Crippen LogP contribution in [0.1, 0.15) is 109 Å².